The predicted octanol–water partition coefficient (Wildman–Crippen LogP) is 4.28. The number of benzene rings is 2. The van der Waals surface area contributed by atoms with Crippen LogP contribution in [-0.4, -0.2) is 29.4 Å². The number of nitrogens with one attached hydrogen (secondary N) is 1. The van der Waals surface area contributed by atoms with Gasteiger partial charge in [0.15, 0.2) is 0 Å². The highest BCUT2D eigenvalue weighted by Gasteiger charge is 2.29. The smallest absolute Gasteiger partial charge is 0.237 e. The van der Waals surface area contributed by atoms with Crippen LogP contribution in [-0.2, 0) is 29.3 Å². The van der Waals surface area contributed by atoms with Gasteiger partial charge in [-0.05, 0) is 49.9 Å². The molecule has 0 saturated carbocycles. The van der Waals surface area contributed by atoms with Gasteiger partial charge in [0.25, 0.3) is 0 Å². The fourth-order valence-corrected chi connectivity index (χ4v) is 3.88. The first kappa shape index (κ1) is 20.6. The zero-order valence-electron chi connectivity index (χ0n) is 17.1. The lowest BCUT2D eigenvalue weighted by molar-refractivity contribution is -0.128. The minimum atomic E-state index is -0.00440. The molecule has 1 N–H and O–H groups in total. The molecule has 1 saturated heterocycles. The number of piperidine rings is 1. The van der Waals surface area contributed by atoms with E-state index in [0.717, 1.165) is 30.5 Å². The van der Waals surface area contributed by atoms with Crippen molar-refractivity contribution in [2.45, 2.75) is 65.0 Å². The fraction of sp³-hybridized carbons (Fsp3) is 0.458. The Morgan fingerprint density at radius 2 is 1.75 bits per heavy atom. The highest BCUT2D eigenvalue weighted by molar-refractivity contribution is 5.81. The van der Waals surface area contributed by atoms with Gasteiger partial charge in [0.2, 0.25) is 5.91 Å². The van der Waals surface area contributed by atoms with Crippen molar-refractivity contribution in [3.63, 3.8) is 0 Å². The highest BCUT2D eigenvalue weighted by Crippen LogP contribution is 2.20. The van der Waals surface area contributed by atoms with Crippen molar-refractivity contribution in [2.24, 2.45) is 0 Å². The molecule has 0 aromatic heterocycles. The summed E-state index contributed by atoms with van der Waals surface area (Å²) in [5.41, 5.74) is 3.42. The summed E-state index contributed by atoms with van der Waals surface area (Å²) in [6.45, 7) is 7.04. The van der Waals surface area contributed by atoms with Gasteiger partial charge >= 0.3 is 0 Å². The van der Waals surface area contributed by atoms with E-state index in [1.807, 2.05) is 30.3 Å². The van der Waals surface area contributed by atoms with Crippen molar-refractivity contribution >= 4 is 5.91 Å². The summed E-state index contributed by atoms with van der Waals surface area (Å²) >= 11 is 0. The van der Waals surface area contributed by atoms with Gasteiger partial charge in [0, 0.05) is 12.6 Å². The second-order valence-electron chi connectivity index (χ2n) is 7.81. The second kappa shape index (κ2) is 10.4. The van der Waals surface area contributed by atoms with Gasteiger partial charge in [-0.25, -0.2) is 0 Å². The number of likely N-dealkylation sites (tertiary alicyclic amines) is 1. The third-order valence-corrected chi connectivity index (χ3v) is 5.45. The molecule has 0 bridgehead atoms. The molecular formula is C24H32N2O2. The van der Waals surface area contributed by atoms with Crippen LogP contribution < -0.4 is 5.32 Å². The molecule has 1 fully saturated rings. The second-order valence-corrected chi connectivity index (χ2v) is 7.81. The average Bonchev–Trinajstić information content (AvgIpc) is 2.73. The van der Waals surface area contributed by atoms with Crippen LogP contribution in [0.1, 0.15) is 49.8 Å². The summed E-state index contributed by atoms with van der Waals surface area (Å²) in [6.07, 6.45) is 3.26. The molecule has 0 aliphatic carbocycles. The summed E-state index contributed by atoms with van der Waals surface area (Å²) in [6, 6.07) is 18.8. The summed E-state index contributed by atoms with van der Waals surface area (Å²) in [7, 11) is 0. The molecular weight excluding hydrogens is 348 g/mol. The summed E-state index contributed by atoms with van der Waals surface area (Å²) in [4.78, 5) is 15.1. The molecule has 1 heterocycles. The zero-order valence-corrected chi connectivity index (χ0v) is 17.1. The molecule has 150 valence electrons. The van der Waals surface area contributed by atoms with Crippen LogP contribution in [0.25, 0.3) is 0 Å². The van der Waals surface area contributed by atoms with Gasteiger partial charge in [-0.15, -0.1) is 0 Å². The molecule has 1 aliphatic heterocycles. The van der Waals surface area contributed by atoms with Crippen LogP contribution in [0.4, 0.5) is 0 Å². The Bertz CT molecular complexity index is 745. The van der Waals surface area contributed by atoms with Crippen molar-refractivity contribution in [3.8, 4) is 0 Å². The average molecular weight is 381 g/mol. The molecule has 3 rings (SSSR count). The molecule has 0 radical (unpaired) electrons. The van der Waals surface area contributed by atoms with Crippen LogP contribution in [0.5, 0.6) is 0 Å². The number of carbonyl (C=O) groups excluding carboxylic acids is 1. The van der Waals surface area contributed by atoms with E-state index in [-0.39, 0.29) is 11.9 Å². The van der Waals surface area contributed by atoms with E-state index in [1.54, 1.807) is 0 Å². The SMILES string of the molecule is CC(C)N1CCCCC1C(=O)NCc1ccccc1COCc1ccccc1. The number of ether oxygens (including phenoxy) is 1. The van der Waals surface area contributed by atoms with E-state index in [0.29, 0.717) is 25.8 Å². The number of nitrogens with zero attached hydrogens (tertiary/aromatic N) is 1. The molecule has 2 aromatic rings. The van der Waals surface area contributed by atoms with Crippen molar-refractivity contribution in [2.75, 3.05) is 6.54 Å². The van der Waals surface area contributed by atoms with E-state index in [1.165, 1.54) is 12.0 Å². The van der Waals surface area contributed by atoms with Gasteiger partial charge in [-0.1, -0.05) is 61.0 Å². The van der Waals surface area contributed by atoms with Crippen molar-refractivity contribution in [1.29, 1.82) is 0 Å². The zero-order chi connectivity index (χ0) is 19.8. The van der Waals surface area contributed by atoms with E-state index in [2.05, 4.69) is 48.3 Å². The third kappa shape index (κ3) is 5.66. The normalized spacial score (nSPS) is 17.6. The first-order chi connectivity index (χ1) is 13.6. The molecule has 1 amide bonds. The minimum Gasteiger partial charge on any atom is -0.372 e. The van der Waals surface area contributed by atoms with Gasteiger partial charge in [-0.2, -0.15) is 0 Å². The largest absolute Gasteiger partial charge is 0.372 e. The van der Waals surface area contributed by atoms with Crippen LogP contribution in [0.15, 0.2) is 54.6 Å². The van der Waals surface area contributed by atoms with E-state index < -0.39 is 0 Å². The Labute approximate surface area is 168 Å². The molecule has 28 heavy (non-hydrogen) atoms. The van der Waals surface area contributed by atoms with E-state index in [4.69, 9.17) is 4.74 Å². The Balaban J connectivity index is 1.54. The fourth-order valence-electron chi connectivity index (χ4n) is 3.88. The monoisotopic (exact) mass is 380 g/mol. The molecule has 0 spiro atoms. The third-order valence-electron chi connectivity index (χ3n) is 5.45. The molecule has 1 aliphatic rings. The van der Waals surface area contributed by atoms with Crippen molar-refractivity contribution < 1.29 is 9.53 Å². The van der Waals surface area contributed by atoms with Gasteiger partial charge in [-0.3, -0.25) is 9.69 Å². The van der Waals surface area contributed by atoms with Gasteiger partial charge in [0.05, 0.1) is 19.3 Å². The number of hydrogen-bond acceptors (Lipinski definition) is 3. The quantitative estimate of drug-likeness (QED) is 0.743. The van der Waals surface area contributed by atoms with Crippen LogP contribution in [0.2, 0.25) is 0 Å². The number of rotatable bonds is 8. The Hall–Kier alpha value is -2.17. The molecule has 2 aromatic carbocycles. The standard InChI is InChI=1S/C24H32N2O2/c1-19(2)26-15-9-8-14-23(26)24(27)25-16-21-12-6-7-13-22(21)18-28-17-20-10-4-3-5-11-20/h3-7,10-13,19,23H,8-9,14-18H2,1-2H3,(H,25,27). The summed E-state index contributed by atoms with van der Waals surface area (Å²) in [5.74, 6) is 0.147. The van der Waals surface area contributed by atoms with E-state index >= 15 is 0 Å². The molecule has 1 unspecified atom stereocenters. The lowest BCUT2D eigenvalue weighted by Gasteiger charge is -2.37. The number of amides is 1. The number of hydrogen-bond donors (Lipinski definition) is 1. The molecule has 1 atom stereocenters. The Kier molecular flexibility index (Phi) is 7.63. The van der Waals surface area contributed by atoms with Crippen molar-refractivity contribution in [1.82, 2.24) is 10.2 Å². The minimum absolute atomic E-state index is 0.00440. The van der Waals surface area contributed by atoms with E-state index in [9.17, 15) is 4.79 Å². The van der Waals surface area contributed by atoms with Crippen LogP contribution >= 0.6 is 0 Å². The van der Waals surface area contributed by atoms with Gasteiger partial charge in [0.1, 0.15) is 0 Å². The Morgan fingerprint density at radius 1 is 1.04 bits per heavy atom. The lowest BCUT2D eigenvalue weighted by Crippen LogP contribution is -2.51. The first-order valence-corrected chi connectivity index (χ1v) is 10.4. The maximum atomic E-state index is 12.8. The lowest BCUT2D eigenvalue weighted by atomic mass is 9.99. The summed E-state index contributed by atoms with van der Waals surface area (Å²) < 4.78 is 5.90. The Morgan fingerprint density at radius 3 is 2.50 bits per heavy atom. The van der Waals surface area contributed by atoms with Crippen LogP contribution in [0.3, 0.4) is 0 Å². The highest BCUT2D eigenvalue weighted by atomic mass is 16.5. The molecule has 4 nitrogen and oxygen atoms in total. The summed E-state index contributed by atoms with van der Waals surface area (Å²) in [5, 5.41) is 3.17. The van der Waals surface area contributed by atoms with Crippen LogP contribution in [0, 0.1) is 0 Å². The molecule has 4 heteroatoms. The first-order valence-electron chi connectivity index (χ1n) is 10.4. The maximum Gasteiger partial charge on any atom is 0.237 e. The van der Waals surface area contributed by atoms with Crippen molar-refractivity contribution in [3.05, 3.63) is 71.3 Å². The topological polar surface area (TPSA) is 41.6 Å². The maximum absolute atomic E-state index is 12.8. The van der Waals surface area contributed by atoms with Gasteiger partial charge < -0.3 is 10.1 Å². The predicted molar refractivity (Wildman–Crippen MR) is 113 cm³/mol. The number of carbonyl (C=O) groups is 1.